The Morgan fingerprint density at radius 3 is 1.50 bits per heavy atom. The predicted octanol–water partition coefficient (Wildman–Crippen LogP) is 3.37. The van der Waals surface area contributed by atoms with Crippen molar-refractivity contribution in [3.8, 4) is 0 Å². The lowest BCUT2D eigenvalue weighted by atomic mass is 9.48. The molecule has 0 unspecified atom stereocenters. The molecule has 6 heteroatoms. The molecule has 4 rings (SSSR count). The summed E-state index contributed by atoms with van der Waals surface area (Å²) in [7, 11) is 0. The third-order valence-electron chi connectivity index (χ3n) is 5.24. The highest BCUT2D eigenvalue weighted by Gasteiger charge is 2.76. The smallest absolute Gasteiger partial charge is 0.383 e. The number of hydrogen-bond acceptors (Lipinski definition) is 1. The maximum atomic E-state index is 13.7. The molecular weight excluding hydrogens is 255 g/mol. The van der Waals surface area contributed by atoms with Crippen molar-refractivity contribution in [3.05, 3.63) is 0 Å². The van der Waals surface area contributed by atoms with Gasteiger partial charge in [0.25, 0.3) is 0 Å². The van der Waals surface area contributed by atoms with Crippen molar-refractivity contribution in [3.63, 3.8) is 0 Å². The van der Waals surface area contributed by atoms with E-state index in [1.807, 2.05) is 0 Å². The van der Waals surface area contributed by atoms with Crippen molar-refractivity contribution in [2.45, 2.75) is 49.8 Å². The third kappa shape index (κ3) is 1.35. The Bertz CT molecular complexity index is 334. The Hall–Kier alpha value is -0.390. The molecule has 0 amide bonds. The van der Waals surface area contributed by atoms with Crippen molar-refractivity contribution in [1.82, 2.24) is 0 Å². The van der Waals surface area contributed by atoms with E-state index in [-0.39, 0.29) is 11.8 Å². The van der Waals surface area contributed by atoms with E-state index < -0.39 is 29.5 Å². The summed E-state index contributed by atoms with van der Waals surface area (Å²) >= 11 is 0. The first kappa shape index (κ1) is 12.6. The number of rotatable bonds is 1. The van der Waals surface area contributed by atoms with Gasteiger partial charge in [-0.2, -0.15) is 22.0 Å². The Morgan fingerprint density at radius 2 is 1.17 bits per heavy atom. The summed E-state index contributed by atoms with van der Waals surface area (Å²) in [6.07, 6.45) is -3.48. The zero-order valence-electron chi connectivity index (χ0n) is 9.68. The first-order chi connectivity index (χ1) is 8.16. The lowest BCUT2D eigenvalue weighted by Crippen LogP contribution is -2.70. The van der Waals surface area contributed by atoms with Crippen molar-refractivity contribution in [1.29, 1.82) is 0 Å². The molecule has 0 aromatic heterocycles. The van der Waals surface area contributed by atoms with E-state index in [1.165, 1.54) is 0 Å². The molecule has 1 nitrogen and oxygen atoms in total. The van der Waals surface area contributed by atoms with Gasteiger partial charge in [-0.15, -0.1) is 0 Å². The average Bonchev–Trinajstić information content (AvgIpc) is 2.22. The van der Waals surface area contributed by atoms with Crippen molar-refractivity contribution >= 4 is 0 Å². The van der Waals surface area contributed by atoms with Gasteiger partial charge >= 0.3 is 12.1 Å². The van der Waals surface area contributed by atoms with Gasteiger partial charge in [-0.3, -0.25) is 0 Å². The molecule has 18 heavy (non-hydrogen) atoms. The summed E-state index contributed by atoms with van der Waals surface area (Å²) in [5.41, 5.74) is -2.88. The van der Waals surface area contributed by atoms with Gasteiger partial charge < -0.3 is 5.11 Å². The lowest BCUT2D eigenvalue weighted by Gasteiger charge is -2.60. The average molecular weight is 270 g/mol. The summed E-state index contributed by atoms with van der Waals surface area (Å²) in [5.74, 6) is -6.33. The van der Waals surface area contributed by atoms with Gasteiger partial charge in [0.1, 0.15) is 5.60 Å². The highest BCUT2D eigenvalue weighted by atomic mass is 19.4. The lowest BCUT2D eigenvalue weighted by molar-refractivity contribution is -0.380. The fourth-order valence-electron chi connectivity index (χ4n) is 4.64. The number of alkyl halides is 5. The van der Waals surface area contributed by atoms with Gasteiger partial charge in [0.2, 0.25) is 0 Å². The molecule has 0 aromatic carbocycles. The highest BCUT2D eigenvalue weighted by molar-refractivity contribution is 5.14. The molecule has 104 valence electrons. The largest absolute Gasteiger partial charge is 0.456 e. The summed E-state index contributed by atoms with van der Waals surface area (Å²) < 4.78 is 65.1. The number of halogens is 5. The van der Waals surface area contributed by atoms with E-state index in [9.17, 15) is 27.1 Å². The molecular formula is C12H15F5O. The van der Waals surface area contributed by atoms with Gasteiger partial charge in [0.05, 0.1) is 0 Å². The Labute approximate surface area is 101 Å². The van der Waals surface area contributed by atoms with Crippen LogP contribution in [0, 0.1) is 23.7 Å². The first-order valence-electron chi connectivity index (χ1n) is 6.33. The zero-order valence-corrected chi connectivity index (χ0v) is 9.68. The van der Waals surface area contributed by atoms with Crippen LogP contribution in [-0.4, -0.2) is 22.8 Å². The summed E-state index contributed by atoms with van der Waals surface area (Å²) in [6, 6.07) is 0. The number of hydrogen-bond donors (Lipinski definition) is 1. The second-order valence-electron chi connectivity index (χ2n) is 6.20. The molecule has 0 saturated heterocycles. The molecule has 0 aliphatic heterocycles. The minimum atomic E-state index is -5.67. The molecule has 1 N–H and O–H groups in total. The van der Waals surface area contributed by atoms with Gasteiger partial charge in [-0.05, 0) is 55.8 Å². The van der Waals surface area contributed by atoms with Crippen LogP contribution in [0.15, 0.2) is 0 Å². The van der Waals surface area contributed by atoms with E-state index in [2.05, 4.69) is 0 Å². The van der Waals surface area contributed by atoms with Crippen molar-refractivity contribution in [2.75, 3.05) is 0 Å². The van der Waals surface area contributed by atoms with Crippen LogP contribution in [0.2, 0.25) is 0 Å². The second-order valence-corrected chi connectivity index (χ2v) is 6.20. The van der Waals surface area contributed by atoms with Crippen LogP contribution in [-0.2, 0) is 0 Å². The summed E-state index contributed by atoms with van der Waals surface area (Å²) in [4.78, 5) is 0. The van der Waals surface area contributed by atoms with E-state index in [0.717, 1.165) is 6.42 Å². The predicted molar refractivity (Wildman–Crippen MR) is 53.0 cm³/mol. The van der Waals surface area contributed by atoms with Gasteiger partial charge in [-0.25, -0.2) is 0 Å². The fourth-order valence-corrected chi connectivity index (χ4v) is 4.64. The maximum absolute atomic E-state index is 13.7. The van der Waals surface area contributed by atoms with E-state index in [1.54, 1.807) is 0 Å². The van der Waals surface area contributed by atoms with E-state index >= 15 is 0 Å². The standard InChI is InChI=1S/C12H15F5O/c13-11(14,12(15,16)17)10(18)8-2-6-1-7(4-8)5-9(10)3-6/h6-9,18H,1-5H2. The van der Waals surface area contributed by atoms with Gasteiger partial charge in [0.15, 0.2) is 0 Å². The van der Waals surface area contributed by atoms with Crippen LogP contribution in [0.3, 0.4) is 0 Å². The van der Waals surface area contributed by atoms with Crippen LogP contribution in [0.25, 0.3) is 0 Å². The van der Waals surface area contributed by atoms with Crippen LogP contribution >= 0.6 is 0 Å². The third-order valence-corrected chi connectivity index (χ3v) is 5.24. The molecule has 0 radical (unpaired) electrons. The van der Waals surface area contributed by atoms with Gasteiger partial charge in [-0.1, -0.05) is 0 Å². The fraction of sp³-hybridized carbons (Fsp3) is 1.00. The molecule has 4 bridgehead atoms. The first-order valence-corrected chi connectivity index (χ1v) is 6.33. The molecule has 4 aliphatic rings. The zero-order chi connectivity index (χ0) is 13.3. The van der Waals surface area contributed by atoms with Crippen molar-refractivity contribution < 1.29 is 27.1 Å². The van der Waals surface area contributed by atoms with E-state index in [4.69, 9.17) is 0 Å². The Morgan fingerprint density at radius 1 is 0.778 bits per heavy atom. The molecule has 0 aromatic rings. The molecule has 4 fully saturated rings. The monoisotopic (exact) mass is 270 g/mol. The van der Waals surface area contributed by atoms with Gasteiger partial charge in [0, 0.05) is 0 Å². The van der Waals surface area contributed by atoms with Crippen molar-refractivity contribution in [2.24, 2.45) is 23.7 Å². The maximum Gasteiger partial charge on any atom is 0.456 e. The SMILES string of the molecule is OC1(C(F)(F)C(F)(F)F)C2CC3CC(C2)CC1C3. The molecule has 4 aliphatic carbocycles. The van der Waals surface area contributed by atoms with Crippen LogP contribution in [0.5, 0.6) is 0 Å². The highest BCUT2D eigenvalue weighted by Crippen LogP contribution is 2.64. The Balaban J connectivity index is 2.00. The minimum Gasteiger partial charge on any atom is -0.383 e. The summed E-state index contributed by atoms with van der Waals surface area (Å²) in [5, 5.41) is 10.2. The van der Waals surface area contributed by atoms with Crippen LogP contribution in [0.4, 0.5) is 22.0 Å². The topological polar surface area (TPSA) is 20.2 Å². The van der Waals surface area contributed by atoms with Crippen LogP contribution in [0.1, 0.15) is 32.1 Å². The van der Waals surface area contributed by atoms with E-state index in [0.29, 0.717) is 25.7 Å². The Kier molecular flexibility index (Phi) is 2.37. The number of aliphatic hydroxyl groups is 1. The summed E-state index contributed by atoms with van der Waals surface area (Å²) in [6.45, 7) is 0. The quantitative estimate of drug-likeness (QED) is 0.724. The molecule has 0 spiro atoms. The minimum absolute atomic E-state index is 0.233. The van der Waals surface area contributed by atoms with Crippen LogP contribution < -0.4 is 0 Å². The molecule has 4 saturated carbocycles. The molecule has 0 heterocycles. The normalized spacial score (nSPS) is 47.7. The second kappa shape index (κ2) is 3.38. The molecule has 0 atom stereocenters.